The molecule has 14 heteroatoms. The van der Waals surface area contributed by atoms with Crippen molar-refractivity contribution in [3.05, 3.63) is 385 Å². The quantitative estimate of drug-likeness (QED) is 0.151. The van der Waals surface area contributed by atoms with Gasteiger partial charge in [0.1, 0.15) is 92.3 Å². The third-order valence-electron chi connectivity index (χ3n) is 28.5. The largest absolute Gasteiger partial charge is 0.455 e. The number of furan rings is 5. The van der Waals surface area contributed by atoms with E-state index in [0.29, 0.717) is 16.7 Å². The Kier molecular flexibility index (Phi) is 20.1. The number of pyridine rings is 1. The van der Waals surface area contributed by atoms with Crippen molar-refractivity contribution in [2.24, 2.45) is 42.3 Å². The lowest BCUT2D eigenvalue weighted by Crippen LogP contribution is -2.32. The first-order valence-corrected chi connectivity index (χ1v) is 47.1. The highest BCUT2D eigenvalue weighted by Gasteiger charge is 2.31. The van der Waals surface area contributed by atoms with Gasteiger partial charge in [0.2, 0.25) is 11.2 Å². The first-order valence-electron chi connectivity index (χ1n) is 49.1. The van der Waals surface area contributed by atoms with E-state index in [1.54, 1.807) is 6.07 Å². The lowest BCUT2D eigenvalue weighted by atomic mass is 9.94. The van der Waals surface area contributed by atoms with Gasteiger partial charge in [-0.25, -0.2) is 22.8 Å². The Hall–Kier alpha value is -16.8. The normalized spacial score (nSPS) is 12.4. The number of rotatable bonds is 6. The first kappa shape index (κ1) is 81.7. The molecule has 0 amide bonds. The smallest absolute Gasteiger partial charge is 0.293 e. The molecule has 0 atom stereocenters. The molecule has 0 fully saturated rings. The maximum atomic E-state index is 8.62. The number of aryl methyl sites for hydroxylation is 12. The van der Waals surface area contributed by atoms with Gasteiger partial charge in [0, 0.05) is 102 Å². The van der Waals surface area contributed by atoms with Crippen molar-refractivity contribution < 1.29 is 50.4 Å². The number of imidazole rings is 1. The van der Waals surface area contributed by atoms with Gasteiger partial charge in [-0.2, -0.15) is 4.57 Å². The molecule has 0 unspecified atom stereocenters. The zero-order valence-corrected chi connectivity index (χ0v) is 80.3. The third kappa shape index (κ3) is 14.7. The van der Waals surface area contributed by atoms with Crippen LogP contribution in [-0.2, 0) is 42.3 Å². The molecule has 0 bridgehead atoms. The predicted molar refractivity (Wildman–Crippen MR) is 569 cm³/mol. The van der Waals surface area contributed by atoms with E-state index < -0.39 is 12.7 Å². The monoisotopic (exact) mass is 1810 g/mol. The Balaban J connectivity index is 0.0000000999. The van der Waals surface area contributed by atoms with Crippen molar-refractivity contribution in [2.45, 2.75) is 75.1 Å². The van der Waals surface area contributed by atoms with Crippen molar-refractivity contribution in [1.29, 1.82) is 0 Å². The standard InChI is InChI=1S/C31H28NO.C26H21N2O.2C23H19N2O.C22H17N2O/c1-18(2)23-11-8-12-27-24(23)13-14-28(32(27)5)30-20(4)19(3)15-26-25-16-21-9-6-7-10-22(21)17-29(25)33-31(26)30;1-16-12-13-19-20-14-17-8-4-5-9-18(17)15-23(20)29-25(19)24(16)26-27(2)21-10-6-7-11-22(21)28(26)3;1-14-10-19-18-11-16-6-4-5-7-17(16)12-21(18)26-23(19)22(15(14)2)20-8-9-24-13-25(20)3;1-14-8-9-18-19-11-16-6-4-5-7-17(16)12-21(19)26-23(18)22(14)20-10-15(2)24-13-25(20)3;1-14-7-8-17-18-11-15-5-3-4-6-16(15)12-20(18)25-22(17)21(14)19-9-10-23-13-24(19)2/h6-18H,1-5H3;4-15H,1-3H3;2*4-13H,1-3H3;3-13H,1-2H3/q5*+1/i3D3,18D;;;;. The van der Waals surface area contributed by atoms with Crippen LogP contribution in [0.3, 0.4) is 0 Å². The fourth-order valence-electron chi connectivity index (χ4n) is 21.1. The summed E-state index contributed by atoms with van der Waals surface area (Å²) in [5, 5.41) is 23.9. The molecule has 0 N–H and O–H groups in total. The van der Waals surface area contributed by atoms with Crippen LogP contribution in [0.15, 0.2) is 357 Å². The summed E-state index contributed by atoms with van der Waals surface area (Å²) in [6.07, 6.45) is 9.18. The van der Waals surface area contributed by atoms with Crippen LogP contribution in [0.4, 0.5) is 0 Å². The second-order valence-electron chi connectivity index (χ2n) is 37.4. The number of fused-ring (bicyclic) bond motifs is 22. The molecule has 17 aromatic carbocycles. The molecule has 10 heterocycles. The molecule has 0 aliphatic heterocycles. The zero-order chi connectivity index (χ0) is 98.6. The van der Waals surface area contributed by atoms with Crippen LogP contribution >= 0.6 is 0 Å². The van der Waals surface area contributed by atoms with Gasteiger partial charge < -0.3 is 22.1 Å². The van der Waals surface area contributed by atoms with E-state index in [9.17, 15) is 0 Å². The summed E-state index contributed by atoms with van der Waals surface area (Å²) in [5.74, 6) is 0.400. The summed E-state index contributed by atoms with van der Waals surface area (Å²) in [6.45, 7) is 16.1. The molecular weight excluding hydrogens is 1710 g/mol. The fourth-order valence-corrected chi connectivity index (χ4v) is 21.1. The Morgan fingerprint density at radius 3 is 1.08 bits per heavy atom. The Morgan fingerprint density at radius 1 is 0.295 bits per heavy atom. The molecule has 674 valence electrons. The topological polar surface area (TPSA) is 129 Å². The maximum Gasteiger partial charge on any atom is 0.293 e. The van der Waals surface area contributed by atoms with Gasteiger partial charge in [-0.05, 0) is 244 Å². The van der Waals surface area contributed by atoms with Crippen LogP contribution in [0, 0.1) is 55.3 Å². The minimum absolute atomic E-state index is 0.326. The Morgan fingerprint density at radius 2 is 0.647 bits per heavy atom. The summed E-state index contributed by atoms with van der Waals surface area (Å²) < 4.78 is 78.4. The average molecular weight is 1820 g/mol. The second kappa shape index (κ2) is 34.2. The van der Waals surface area contributed by atoms with Crippen LogP contribution < -0.4 is 22.8 Å². The number of hydrogen-bond acceptors (Lipinski definition) is 8. The van der Waals surface area contributed by atoms with Crippen LogP contribution in [0.5, 0.6) is 0 Å². The predicted octanol–water partition coefficient (Wildman–Crippen LogP) is 29.6. The van der Waals surface area contributed by atoms with E-state index >= 15 is 0 Å². The lowest BCUT2D eigenvalue weighted by molar-refractivity contribution is -0.663. The van der Waals surface area contributed by atoms with Gasteiger partial charge in [-0.15, -0.1) is 0 Å². The summed E-state index contributed by atoms with van der Waals surface area (Å²) >= 11 is 0. The first-order chi connectivity index (χ1) is 69.0. The Bertz CT molecular complexity index is 9940. The van der Waals surface area contributed by atoms with Gasteiger partial charge in [-0.3, -0.25) is 0 Å². The van der Waals surface area contributed by atoms with Crippen LogP contribution in [0.25, 0.3) is 242 Å². The highest BCUT2D eigenvalue weighted by molar-refractivity contribution is 6.19. The van der Waals surface area contributed by atoms with Crippen LogP contribution in [0.2, 0.25) is 0 Å². The summed E-state index contributed by atoms with van der Waals surface area (Å²) in [5.41, 5.74) is 30.9. The number of para-hydroxylation sites is 2. The molecule has 0 spiro atoms. The molecule has 0 aliphatic rings. The van der Waals surface area contributed by atoms with Crippen LogP contribution in [0.1, 0.15) is 75.4 Å². The van der Waals surface area contributed by atoms with Crippen molar-refractivity contribution in [3.8, 4) is 56.4 Å². The third-order valence-corrected chi connectivity index (χ3v) is 28.5. The fraction of sp³-hybridized carbons (Fsp3) is 0.136. The molecule has 139 heavy (non-hydrogen) atoms. The van der Waals surface area contributed by atoms with Gasteiger partial charge in [0.05, 0.1) is 57.5 Å². The van der Waals surface area contributed by atoms with E-state index in [1.807, 2.05) is 157 Å². The number of hydrogen-bond donors (Lipinski definition) is 0. The molecular formula is C125H104N9O5+5. The lowest BCUT2D eigenvalue weighted by Gasteiger charge is -2.12. The molecule has 27 aromatic rings. The minimum atomic E-state index is -2.27. The minimum Gasteiger partial charge on any atom is -0.455 e. The number of benzene rings is 17. The van der Waals surface area contributed by atoms with Crippen molar-refractivity contribution >= 4 is 185 Å². The average Bonchev–Trinajstić information content (AvgIpc) is 1.43. The van der Waals surface area contributed by atoms with Crippen molar-refractivity contribution in [1.82, 2.24) is 19.5 Å². The van der Waals surface area contributed by atoms with E-state index in [1.165, 1.54) is 98.1 Å². The van der Waals surface area contributed by atoms with Crippen molar-refractivity contribution in [3.63, 3.8) is 0 Å². The van der Waals surface area contributed by atoms with Gasteiger partial charge in [0.25, 0.3) is 24.8 Å². The SMILES string of the molecule is Cc1cc(-c2c(C)ccc3c2oc2cc4ccccc4cc23)[n+](C)cn1.Cc1cc2c(oc3cc4ccccc4cc32)c(-c2ccnc[n+]2C)c1C.Cc1ccc2c(oc3cc4ccccc4cc32)c1-c1ccnc[n+]1C.Cc1ccc2c(oc3cc4ccccc4cc32)c1-c1n(C)c2ccccc2[n+]1C.[2H]C([2H])([2H])c1cc2c(oc3cc4ccccc4cc32)c(-c2ccc3c(C([2H])(C)C)cccc3[n+]2C)c1C. The van der Waals surface area contributed by atoms with Gasteiger partial charge >= 0.3 is 0 Å². The molecule has 0 saturated heterocycles. The molecule has 0 radical (unpaired) electrons. The van der Waals surface area contributed by atoms with E-state index in [-0.39, 0.29) is 0 Å². The van der Waals surface area contributed by atoms with E-state index in [2.05, 4.69) is 319 Å². The number of nitrogens with zero attached hydrogens (tertiary/aromatic N) is 9. The summed E-state index contributed by atoms with van der Waals surface area (Å²) in [4.78, 5) is 12.8. The summed E-state index contributed by atoms with van der Waals surface area (Å²) in [6, 6.07) is 105. The highest BCUT2D eigenvalue weighted by atomic mass is 16.3. The van der Waals surface area contributed by atoms with Crippen LogP contribution in [-0.4, -0.2) is 19.5 Å². The molecule has 10 aromatic heterocycles. The maximum absolute atomic E-state index is 8.62. The van der Waals surface area contributed by atoms with E-state index in [0.717, 1.165) is 177 Å². The second-order valence-corrected chi connectivity index (χ2v) is 37.4. The van der Waals surface area contributed by atoms with Crippen molar-refractivity contribution in [2.75, 3.05) is 0 Å². The molecule has 27 rings (SSSR count). The molecule has 14 nitrogen and oxygen atoms in total. The summed E-state index contributed by atoms with van der Waals surface area (Å²) in [7, 11) is 12.3. The molecule has 0 saturated carbocycles. The highest BCUT2D eigenvalue weighted by Crippen LogP contribution is 2.47. The number of aromatic nitrogens is 9. The van der Waals surface area contributed by atoms with Gasteiger partial charge in [-0.1, -0.05) is 211 Å². The Labute approximate surface area is 809 Å². The zero-order valence-electron chi connectivity index (χ0n) is 84.3. The van der Waals surface area contributed by atoms with Gasteiger partial charge in [0.15, 0.2) is 22.3 Å². The van der Waals surface area contributed by atoms with E-state index in [4.69, 9.17) is 27.6 Å². The molecule has 0 aliphatic carbocycles.